The van der Waals surface area contributed by atoms with Crippen LogP contribution in [-0.2, 0) is 6.54 Å². The minimum atomic E-state index is 0.755. The number of methoxy groups -OCH3 is 1. The van der Waals surface area contributed by atoms with Crippen molar-refractivity contribution in [3.8, 4) is 11.5 Å². The molecule has 0 atom stereocenters. The van der Waals surface area contributed by atoms with E-state index in [2.05, 4.69) is 11.6 Å². The van der Waals surface area contributed by atoms with Crippen molar-refractivity contribution >= 4 is 11.8 Å². The zero-order chi connectivity index (χ0) is 12.5. The fourth-order valence-corrected chi connectivity index (χ4v) is 1.92. The molecule has 0 amide bonds. The predicted octanol–water partition coefficient (Wildman–Crippen LogP) is 2.55. The summed E-state index contributed by atoms with van der Waals surface area (Å²) in [7, 11) is 3.60. The second-order valence-corrected chi connectivity index (χ2v) is 4.68. The summed E-state index contributed by atoms with van der Waals surface area (Å²) in [6, 6.07) is 5.95. The van der Waals surface area contributed by atoms with Gasteiger partial charge in [-0.1, -0.05) is 6.07 Å². The molecule has 0 saturated carbocycles. The van der Waals surface area contributed by atoms with E-state index in [1.165, 1.54) is 0 Å². The summed E-state index contributed by atoms with van der Waals surface area (Å²) in [5, 5.41) is 3.14. The molecule has 0 saturated heterocycles. The number of ether oxygens (including phenoxy) is 2. The first-order chi connectivity index (χ1) is 8.31. The van der Waals surface area contributed by atoms with Gasteiger partial charge in [0.25, 0.3) is 0 Å². The molecule has 1 N–H and O–H groups in total. The van der Waals surface area contributed by atoms with Crippen molar-refractivity contribution in [3.63, 3.8) is 0 Å². The molecule has 0 unspecified atom stereocenters. The van der Waals surface area contributed by atoms with Gasteiger partial charge < -0.3 is 14.8 Å². The van der Waals surface area contributed by atoms with Gasteiger partial charge >= 0.3 is 0 Å². The number of hydrogen-bond donors (Lipinski definition) is 1. The Hall–Kier alpha value is -0.870. The second-order valence-electron chi connectivity index (χ2n) is 3.70. The van der Waals surface area contributed by atoms with Crippen molar-refractivity contribution in [1.82, 2.24) is 5.32 Å². The fraction of sp³-hybridized carbons (Fsp3) is 0.538. The Morgan fingerprint density at radius 2 is 2.18 bits per heavy atom. The van der Waals surface area contributed by atoms with Crippen LogP contribution in [0.5, 0.6) is 11.5 Å². The van der Waals surface area contributed by atoms with Crippen molar-refractivity contribution in [3.05, 3.63) is 23.8 Å². The van der Waals surface area contributed by atoms with Crippen LogP contribution < -0.4 is 14.8 Å². The van der Waals surface area contributed by atoms with Crippen LogP contribution in [0.1, 0.15) is 12.0 Å². The summed E-state index contributed by atoms with van der Waals surface area (Å²) < 4.78 is 11.0. The Balaban J connectivity index is 2.64. The van der Waals surface area contributed by atoms with Crippen LogP contribution in [0.25, 0.3) is 0 Å². The largest absolute Gasteiger partial charge is 0.497 e. The van der Waals surface area contributed by atoms with Gasteiger partial charge in [-0.3, -0.25) is 0 Å². The highest BCUT2D eigenvalue weighted by Gasteiger charge is 2.05. The van der Waals surface area contributed by atoms with Gasteiger partial charge in [0.2, 0.25) is 0 Å². The SMILES string of the molecule is CNCc1ccc(OC)cc1OCCCSC. The van der Waals surface area contributed by atoms with E-state index < -0.39 is 0 Å². The van der Waals surface area contributed by atoms with Gasteiger partial charge in [0.15, 0.2) is 0 Å². The van der Waals surface area contributed by atoms with Crippen LogP contribution in [0.15, 0.2) is 18.2 Å². The summed E-state index contributed by atoms with van der Waals surface area (Å²) >= 11 is 1.84. The summed E-state index contributed by atoms with van der Waals surface area (Å²) in [5.74, 6) is 2.88. The molecule has 0 aliphatic heterocycles. The first kappa shape index (κ1) is 14.2. The Bertz CT molecular complexity index is 331. The summed E-state index contributed by atoms with van der Waals surface area (Å²) in [5.41, 5.74) is 1.16. The average Bonchev–Trinajstić information content (AvgIpc) is 2.36. The molecule has 1 aromatic rings. The van der Waals surface area contributed by atoms with Crippen LogP contribution in [0, 0.1) is 0 Å². The number of benzene rings is 1. The highest BCUT2D eigenvalue weighted by atomic mass is 32.2. The van der Waals surface area contributed by atoms with Crippen molar-refractivity contribution in [2.24, 2.45) is 0 Å². The quantitative estimate of drug-likeness (QED) is 0.723. The summed E-state index contributed by atoms with van der Waals surface area (Å²) in [6.07, 6.45) is 3.18. The van der Waals surface area contributed by atoms with Gasteiger partial charge in [-0.2, -0.15) is 11.8 Å². The average molecular weight is 255 g/mol. The zero-order valence-electron chi connectivity index (χ0n) is 10.8. The van der Waals surface area contributed by atoms with Crippen LogP contribution in [0.4, 0.5) is 0 Å². The maximum Gasteiger partial charge on any atom is 0.127 e. The molecule has 17 heavy (non-hydrogen) atoms. The highest BCUT2D eigenvalue weighted by Crippen LogP contribution is 2.25. The van der Waals surface area contributed by atoms with Crippen LogP contribution >= 0.6 is 11.8 Å². The van der Waals surface area contributed by atoms with Crippen molar-refractivity contribution < 1.29 is 9.47 Å². The van der Waals surface area contributed by atoms with Gasteiger partial charge in [0.05, 0.1) is 13.7 Å². The number of rotatable bonds is 8. The van der Waals surface area contributed by atoms with Gasteiger partial charge in [0.1, 0.15) is 11.5 Å². The van der Waals surface area contributed by atoms with E-state index in [9.17, 15) is 0 Å². The van der Waals surface area contributed by atoms with Crippen LogP contribution in [-0.4, -0.2) is 32.8 Å². The maximum atomic E-state index is 5.80. The van der Waals surface area contributed by atoms with Gasteiger partial charge in [-0.15, -0.1) is 0 Å². The highest BCUT2D eigenvalue weighted by molar-refractivity contribution is 7.98. The summed E-state index contributed by atoms with van der Waals surface area (Å²) in [4.78, 5) is 0. The van der Waals surface area contributed by atoms with Crippen LogP contribution in [0.3, 0.4) is 0 Å². The van der Waals surface area contributed by atoms with Crippen molar-refractivity contribution in [2.45, 2.75) is 13.0 Å². The van der Waals surface area contributed by atoms with E-state index in [4.69, 9.17) is 9.47 Å². The lowest BCUT2D eigenvalue weighted by atomic mass is 10.2. The Kier molecular flexibility index (Phi) is 6.89. The fourth-order valence-electron chi connectivity index (χ4n) is 1.52. The van der Waals surface area contributed by atoms with E-state index in [-0.39, 0.29) is 0 Å². The van der Waals surface area contributed by atoms with Crippen molar-refractivity contribution in [1.29, 1.82) is 0 Å². The smallest absolute Gasteiger partial charge is 0.127 e. The number of nitrogens with one attached hydrogen (secondary N) is 1. The minimum Gasteiger partial charge on any atom is -0.497 e. The molecule has 1 rings (SSSR count). The molecular formula is C13H21NO2S. The first-order valence-corrected chi connectivity index (χ1v) is 7.14. The third-order valence-electron chi connectivity index (χ3n) is 2.39. The molecule has 1 aromatic carbocycles. The molecular weight excluding hydrogens is 234 g/mol. The van der Waals surface area contributed by atoms with E-state index >= 15 is 0 Å². The minimum absolute atomic E-state index is 0.755. The topological polar surface area (TPSA) is 30.5 Å². The van der Waals surface area contributed by atoms with E-state index in [1.807, 2.05) is 37.0 Å². The van der Waals surface area contributed by atoms with E-state index in [0.29, 0.717) is 0 Å². The summed E-state index contributed by atoms with van der Waals surface area (Å²) in [6.45, 7) is 1.56. The Morgan fingerprint density at radius 1 is 1.35 bits per heavy atom. The molecule has 0 aromatic heterocycles. The molecule has 0 fully saturated rings. The lowest BCUT2D eigenvalue weighted by molar-refractivity contribution is 0.312. The Labute approximate surface area is 108 Å². The molecule has 0 aliphatic rings. The molecule has 0 bridgehead atoms. The Morgan fingerprint density at radius 3 is 2.82 bits per heavy atom. The molecule has 4 heteroatoms. The normalized spacial score (nSPS) is 10.3. The third kappa shape index (κ3) is 4.88. The second kappa shape index (κ2) is 8.25. The first-order valence-electron chi connectivity index (χ1n) is 5.75. The standard InChI is InChI=1S/C13H21NO2S/c1-14-10-11-5-6-12(15-2)9-13(11)16-7-4-8-17-3/h5-6,9,14H,4,7-8,10H2,1-3H3. The maximum absolute atomic E-state index is 5.80. The van der Waals surface area contributed by atoms with E-state index in [0.717, 1.165) is 42.4 Å². The lowest BCUT2D eigenvalue weighted by Crippen LogP contribution is -2.08. The van der Waals surface area contributed by atoms with Gasteiger partial charge in [-0.05, 0) is 31.5 Å². The number of hydrogen-bond acceptors (Lipinski definition) is 4. The lowest BCUT2D eigenvalue weighted by Gasteiger charge is -2.12. The molecule has 96 valence electrons. The van der Waals surface area contributed by atoms with Gasteiger partial charge in [0, 0.05) is 18.2 Å². The van der Waals surface area contributed by atoms with Crippen LogP contribution in [0.2, 0.25) is 0 Å². The third-order valence-corrected chi connectivity index (χ3v) is 3.09. The molecule has 0 heterocycles. The zero-order valence-corrected chi connectivity index (χ0v) is 11.6. The monoisotopic (exact) mass is 255 g/mol. The number of thioether (sulfide) groups is 1. The van der Waals surface area contributed by atoms with Gasteiger partial charge in [-0.25, -0.2) is 0 Å². The van der Waals surface area contributed by atoms with E-state index in [1.54, 1.807) is 7.11 Å². The molecule has 3 nitrogen and oxygen atoms in total. The predicted molar refractivity (Wildman–Crippen MR) is 74.3 cm³/mol. The molecule has 0 spiro atoms. The molecule has 0 radical (unpaired) electrons. The van der Waals surface area contributed by atoms with Crippen molar-refractivity contribution in [2.75, 3.05) is 32.8 Å². The molecule has 0 aliphatic carbocycles.